The van der Waals surface area contributed by atoms with Crippen LogP contribution in [0, 0.1) is 0 Å². The number of aromatic nitrogens is 1. The summed E-state index contributed by atoms with van der Waals surface area (Å²) in [6.45, 7) is 4.04. The zero-order chi connectivity index (χ0) is 19.9. The zero-order valence-electron chi connectivity index (χ0n) is 16.3. The minimum Gasteiger partial charge on any atom is -0.497 e. The van der Waals surface area contributed by atoms with Crippen LogP contribution in [0.3, 0.4) is 0 Å². The molecule has 4 nitrogen and oxygen atoms in total. The summed E-state index contributed by atoms with van der Waals surface area (Å²) in [5.74, 6) is 0.697. The Labute approximate surface area is 171 Å². The van der Waals surface area contributed by atoms with E-state index in [4.69, 9.17) is 16.3 Å². The number of ether oxygens (including phenoxy) is 1. The van der Waals surface area contributed by atoms with Crippen LogP contribution in [-0.2, 0) is 13.1 Å². The van der Waals surface area contributed by atoms with E-state index in [9.17, 15) is 4.79 Å². The van der Waals surface area contributed by atoms with Crippen LogP contribution in [-0.4, -0.2) is 29.0 Å². The van der Waals surface area contributed by atoms with Crippen molar-refractivity contribution in [2.75, 3.05) is 13.7 Å². The van der Waals surface area contributed by atoms with Crippen molar-refractivity contribution in [3.8, 4) is 5.75 Å². The van der Waals surface area contributed by atoms with Gasteiger partial charge >= 0.3 is 0 Å². The molecule has 2 aromatic carbocycles. The molecule has 0 N–H and O–H groups in total. The molecule has 146 valence electrons. The molecule has 0 aliphatic carbocycles. The molecule has 5 heteroatoms. The molecule has 3 rings (SSSR count). The minimum atomic E-state index is 0.0104. The first-order valence-corrected chi connectivity index (χ1v) is 9.80. The van der Waals surface area contributed by atoms with Crippen LogP contribution in [0.25, 0.3) is 0 Å². The number of methoxy groups -OCH3 is 1. The summed E-state index contributed by atoms with van der Waals surface area (Å²) in [6, 6.07) is 19.2. The van der Waals surface area contributed by atoms with Crippen molar-refractivity contribution in [2.45, 2.75) is 26.4 Å². The van der Waals surface area contributed by atoms with E-state index in [1.807, 2.05) is 53.6 Å². The van der Waals surface area contributed by atoms with Crippen LogP contribution >= 0.6 is 11.6 Å². The van der Waals surface area contributed by atoms with E-state index in [1.54, 1.807) is 13.2 Å². The van der Waals surface area contributed by atoms with Gasteiger partial charge in [-0.2, -0.15) is 0 Å². The monoisotopic (exact) mass is 396 g/mol. The third-order valence-electron chi connectivity index (χ3n) is 4.62. The number of nitrogens with zero attached hydrogens (tertiary/aromatic N) is 2. The molecule has 0 aliphatic heterocycles. The second kappa shape index (κ2) is 9.47. The average Bonchev–Trinajstić information content (AvgIpc) is 3.13. The molecule has 3 aromatic rings. The van der Waals surface area contributed by atoms with Gasteiger partial charge in [0, 0.05) is 35.6 Å². The van der Waals surface area contributed by atoms with Crippen molar-refractivity contribution in [3.05, 3.63) is 88.7 Å². The van der Waals surface area contributed by atoms with Gasteiger partial charge in [0.15, 0.2) is 0 Å². The Morgan fingerprint density at radius 2 is 1.93 bits per heavy atom. The summed E-state index contributed by atoms with van der Waals surface area (Å²) < 4.78 is 7.42. The van der Waals surface area contributed by atoms with E-state index in [0.717, 1.165) is 29.2 Å². The molecule has 1 heterocycles. The van der Waals surface area contributed by atoms with Crippen molar-refractivity contribution in [2.24, 2.45) is 0 Å². The molecule has 0 radical (unpaired) electrons. The van der Waals surface area contributed by atoms with E-state index < -0.39 is 0 Å². The van der Waals surface area contributed by atoms with Crippen LogP contribution in [0.1, 0.15) is 35.0 Å². The smallest absolute Gasteiger partial charge is 0.254 e. The molecule has 0 atom stereocenters. The van der Waals surface area contributed by atoms with E-state index >= 15 is 0 Å². The van der Waals surface area contributed by atoms with Gasteiger partial charge in [-0.15, -0.1) is 0 Å². The maximum atomic E-state index is 13.1. The van der Waals surface area contributed by atoms with Gasteiger partial charge in [0.1, 0.15) is 5.75 Å². The van der Waals surface area contributed by atoms with Crippen LogP contribution < -0.4 is 4.74 Å². The quantitative estimate of drug-likeness (QED) is 0.521. The number of amides is 1. The van der Waals surface area contributed by atoms with E-state index in [1.165, 1.54) is 0 Å². The fraction of sp³-hybridized carbons (Fsp3) is 0.261. The van der Waals surface area contributed by atoms with Crippen molar-refractivity contribution in [3.63, 3.8) is 0 Å². The predicted molar refractivity (Wildman–Crippen MR) is 113 cm³/mol. The number of hydrogen-bond donors (Lipinski definition) is 0. The second-order valence-electron chi connectivity index (χ2n) is 6.72. The molecule has 0 saturated heterocycles. The summed E-state index contributed by atoms with van der Waals surface area (Å²) in [5.41, 5.74) is 2.86. The molecule has 1 aromatic heterocycles. The highest BCUT2D eigenvalue weighted by atomic mass is 35.5. The Morgan fingerprint density at radius 1 is 1.11 bits per heavy atom. The number of carbonyl (C=O) groups is 1. The number of benzene rings is 2. The molecule has 0 aliphatic rings. The second-order valence-corrected chi connectivity index (χ2v) is 7.15. The minimum absolute atomic E-state index is 0.0104. The largest absolute Gasteiger partial charge is 0.497 e. The third-order valence-corrected chi connectivity index (χ3v) is 4.85. The number of carbonyl (C=O) groups excluding carboxylic acids is 1. The van der Waals surface area contributed by atoms with Crippen molar-refractivity contribution in [1.82, 2.24) is 9.47 Å². The van der Waals surface area contributed by atoms with E-state index in [2.05, 4.69) is 23.6 Å². The topological polar surface area (TPSA) is 34.5 Å². The van der Waals surface area contributed by atoms with Crippen LogP contribution in [0.15, 0.2) is 66.9 Å². The Hall–Kier alpha value is -2.72. The molecule has 1 amide bonds. The Bertz CT molecular complexity index is 936. The number of halogens is 1. The van der Waals surface area contributed by atoms with Gasteiger partial charge in [0.05, 0.1) is 13.7 Å². The highest BCUT2D eigenvalue weighted by Gasteiger charge is 2.17. The molecule has 0 saturated carbocycles. The lowest BCUT2D eigenvalue weighted by molar-refractivity contribution is 0.0739. The summed E-state index contributed by atoms with van der Waals surface area (Å²) in [5, 5.41) is 0.729. The van der Waals surface area contributed by atoms with Gasteiger partial charge in [-0.05, 0) is 54.4 Å². The summed E-state index contributed by atoms with van der Waals surface area (Å²) in [7, 11) is 1.61. The summed E-state index contributed by atoms with van der Waals surface area (Å²) in [6.07, 6.45) is 2.93. The molecular formula is C23H25ClN2O2. The molecule has 0 unspecified atom stereocenters. The zero-order valence-corrected chi connectivity index (χ0v) is 17.0. The number of hydrogen-bond acceptors (Lipinski definition) is 2. The summed E-state index contributed by atoms with van der Waals surface area (Å²) >= 11 is 6.11. The first kappa shape index (κ1) is 20.0. The maximum Gasteiger partial charge on any atom is 0.254 e. The lowest BCUT2D eigenvalue weighted by Gasteiger charge is -2.23. The Kier molecular flexibility index (Phi) is 6.77. The van der Waals surface area contributed by atoms with Gasteiger partial charge in [0.2, 0.25) is 0 Å². The van der Waals surface area contributed by atoms with Crippen LogP contribution in [0.4, 0.5) is 0 Å². The SMILES string of the molecule is CCCN(Cc1cccn1Cc1cccc(Cl)c1)C(=O)c1cccc(OC)c1. The molecule has 0 fully saturated rings. The van der Waals surface area contributed by atoms with Gasteiger partial charge in [-0.25, -0.2) is 0 Å². The standard InChI is InChI=1S/C23H25ClN2O2/c1-3-12-26(23(27)19-8-5-11-22(15-19)28-2)17-21-10-6-13-25(21)16-18-7-4-9-20(24)14-18/h4-11,13-15H,3,12,16-17H2,1-2H3. The highest BCUT2D eigenvalue weighted by molar-refractivity contribution is 6.30. The van der Waals surface area contributed by atoms with Crippen molar-refractivity contribution >= 4 is 17.5 Å². The highest BCUT2D eigenvalue weighted by Crippen LogP contribution is 2.18. The van der Waals surface area contributed by atoms with E-state index in [0.29, 0.717) is 24.4 Å². The Morgan fingerprint density at radius 3 is 2.68 bits per heavy atom. The summed E-state index contributed by atoms with van der Waals surface area (Å²) in [4.78, 5) is 15.0. The van der Waals surface area contributed by atoms with Crippen LogP contribution in [0.5, 0.6) is 5.75 Å². The average molecular weight is 397 g/mol. The van der Waals surface area contributed by atoms with Gasteiger partial charge in [-0.1, -0.05) is 36.7 Å². The molecular weight excluding hydrogens is 372 g/mol. The first-order valence-electron chi connectivity index (χ1n) is 9.42. The normalized spacial score (nSPS) is 10.7. The fourth-order valence-corrected chi connectivity index (χ4v) is 3.45. The number of rotatable bonds is 8. The fourth-order valence-electron chi connectivity index (χ4n) is 3.24. The molecule has 0 spiro atoms. The predicted octanol–water partition coefficient (Wildman–Crippen LogP) is 5.25. The molecule has 28 heavy (non-hydrogen) atoms. The third kappa shape index (κ3) is 4.96. The van der Waals surface area contributed by atoms with Crippen LogP contribution in [0.2, 0.25) is 5.02 Å². The Balaban J connectivity index is 1.79. The van der Waals surface area contributed by atoms with E-state index in [-0.39, 0.29) is 5.91 Å². The van der Waals surface area contributed by atoms with Gasteiger partial charge < -0.3 is 14.2 Å². The van der Waals surface area contributed by atoms with Crippen molar-refractivity contribution in [1.29, 1.82) is 0 Å². The van der Waals surface area contributed by atoms with Crippen molar-refractivity contribution < 1.29 is 9.53 Å². The maximum absolute atomic E-state index is 13.1. The molecule has 0 bridgehead atoms. The van der Waals surface area contributed by atoms with Gasteiger partial charge in [0.25, 0.3) is 5.91 Å². The van der Waals surface area contributed by atoms with Gasteiger partial charge in [-0.3, -0.25) is 4.79 Å². The lowest BCUT2D eigenvalue weighted by atomic mass is 10.1. The lowest BCUT2D eigenvalue weighted by Crippen LogP contribution is -2.32. The first-order chi connectivity index (χ1) is 13.6.